The first-order chi connectivity index (χ1) is 7.27. The molecule has 1 N–H and O–H groups in total. The van der Waals surface area contributed by atoms with Gasteiger partial charge < -0.3 is 5.32 Å². The van der Waals surface area contributed by atoms with Crippen molar-refractivity contribution in [1.29, 1.82) is 0 Å². The van der Waals surface area contributed by atoms with Crippen LogP contribution in [0.2, 0.25) is 0 Å². The average molecular weight is 203 g/mol. The molecule has 0 aliphatic heterocycles. The first kappa shape index (κ1) is 10.5. The van der Waals surface area contributed by atoms with Crippen LogP contribution in [0.5, 0.6) is 0 Å². The first-order valence-corrected chi connectivity index (χ1v) is 6.09. The van der Waals surface area contributed by atoms with E-state index in [-0.39, 0.29) is 0 Å². The third-order valence-corrected chi connectivity index (χ3v) is 3.83. The number of rotatable bonds is 2. The smallest absolute Gasteiger partial charge is 0.0342 e. The van der Waals surface area contributed by atoms with Crippen LogP contribution in [0, 0.1) is 11.8 Å². The van der Waals surface area contributed by atoms with Crippen molar-refractivity contribution in [3.8, 4) is 0 Å². The van der Waals surface area contributed by atoms with E-state index in [1.165, 1.54) is 24.9 Å². The Morgan fingerprint density at radius 3 is 2.53 bits per heavy atom. The largest absolute Gasteiger partial charge is 0.382 e. The van der Waals surface area contributed by atoms with Gasteiger partial charge in [0.05, 0.1) is 0 Å². The van der Waals surface area contributed by atoms with Gasteiger partial charge in [-0.05, 0) is 30.4 Å². The highest BCUT2D eigenvalue weighted by molar-refractivity contribution is 5.43. The molecule has 1 aromatic rings. The Labute approximate surface area is 92.9 Å². The Balaban J connectivity index is 1.99. The zero-order chi connectivity index (χ0) is 10.7. The molecular weight excluding hydrogens is 182 g/mol. The van der Waals surface area contributed by atoms with E-state index in [9.17, 15) is 0 Å². The molecule has 3 atom stereocenters. The Morgan fingerprint density at radius 1 is 1.07 bits per heavy atom. The van der Waals surface area contributed by atoms with Gasteiger partial charge in [-0.2, -0.15) is 0 Å². The van der Waals surface area contributed by atoms with Crippen LogP contribution in [0.1, 0.15) is 33.1 Å². The Kier molecular flexibility index (Phi) is 3.30. The predicted octanol–water partition coefficient (Wildman–Crippen LogP) is 3.92. The number of hydrogen-bond donors (Lipinski definition) is 1. The fraction of sp³-hybridized carbons (Fsp3) is 0.571. The summed E-state index contributed by atoms with van der Waals surface area (Å²) in [5.41, 5.74) is 1.27. The fourth-order valence-electron chi connectivity index (χ4n) is 2.53. The first-order valence-electron chi connectivity index (χ1n) is 6.09. The van der Waals surface area contributed by atoms with Crippen molar-refractivity contribution in [2.24, 2.45) is 11.8 Å². The van der Waals surface area contributed by atoms with Crippen molar-refractivity contribution in [2.75, 3.05) is 5.32 Å². The molecule has 2 rings (SSSR count). The van der Waals surface area contributed by atoms with E-state index >= 15 is 0 Å². The van der Waals surface area contributed by atoms with Crippen molar-refractivity contribution in [1.82, 2.24) is 0 Å². The minimum atomic E-state index is 0.663. The Bertz CT molecular complexity index is 293. The maximum absolute atomic E-state index is 3.66. The van der Waals surface area contributed by atoms with Crippen molar-refractivity contribution >= 4 is 5.69 Å². The Morgan fingerprint density at radius 2 is 1.80 bits per heavy atom. The minimum absolute atomic E-state index is 0.663. The van der Waals surface area contributed by atoms with E-state index in [1.54, 1.807) is 0 Å². The summed E-state index contributed by atoms with van der Waals surface area (Å²) in [6, 6.07) is 11.2. The maximum atomic E-state index is 3.66. The lowest BCUT2D eigenvalue weighted by Crippen LogP contribution is -2.34. The van der Waals surface area contributed by atoms with Crippen LogP contribution in [0.3, 0.4) is 0 Å². The molecule has 0 amide bonds. The summed E-state index contributed by atoms with van der Waals surface area (Å²) in [6.45, 7) is 4.76. The SMILES string of the molecule is CC1CCCC(Nc2ccccc2)C1C. The monoisotopic (exact) mass is 203 g/mol. The normalized spacial score (nSPS) is 31.2. The second-order valence-corrected chi connectivity index (χ2v) is 4.88. The molecule has 15 heavy (non-hydrogen) atoms. The number of nitrogens with one attached hydrogen (secondary N) is 1. The van der Waals surface area contributed by atoms with Crippen molar-refractivity contribution in [2.45, 2.75) is 39.2 Å². The van der Waals surface area contributed by atoms with Gasteiger partial charge in [0.15, 0.2) is 0 Å². The van der Waals surface area contributed by atoms with Gasteiger partial charge in [-0.25, -0.2) is 0 Å². The molecule has 3 unspecified atom stereocenters. The molecule has 1 fully saturated rings. The van der Waals surface area contributed by atoms with E-state index in [1.807, 2.05) is 0 Å². The molecule has 0 bridgehead atoms. The molecule has 1 aliphatic rings. The highest BCUT2D eigenvalue weighted by Crippen LogP contribution is 2.31. The number of hydrogen-bond acceptors (Lipinski definition) is 1. The third-order valence-electron chi connectivity index (χ3n) is 3.83. The van der Waals surface area contributed by atoms with Gasteiger partial charge in [0.2, 0.25) is 0 Å². The van der Waals surface area contributed by atoms with E-state index in [0.29, 0.717) is 6.04 Å². The summed E-state index contributed by atoms with van der Waals surface area (Å²) in [5, 5.41) is 3.66. The summed E-state index contributed by atoms with van der Waals surface area (Å²) in [4.78, 5) is 0. The summed E-state index contributed by atoms with van der Waals surface area (Å²) in [6.07, 6.45) is 4.09. The van der Waals surface area contributed by atoms with E-state index in [4.69, 9.17) is 0 Å². The second kappa shape index (κ2) is 4.69. The van der Waals surface area contributed by atoms with Gasteiger partial charge in [0, 0.05) is 11.7 Å². The third kappa shape index (κ3) is 2.53. The molecule has 0 saturated heterocycles. The molecule has 0 spiro atoms. The summed E-state index contributed by atoms with van der Waals surface area (Å²) >= 11 is 0. The van der Waals surface area contributed by atoms with Crippen molar-refractivity contribution in [3.05, 3.63) is 30.3 Å². The molecule has 0 aromatic heterocycles. The fourth-order valence-corrected chi connectivity index (χ4v) is 2.53. The Hall–Kier alpha value is -0.980. The van der Waals surface area contributed by atoms with Gasteiger partial charge in [-0.3, -0.25) is 0 Å². The molecule has 82 valence electrons. The van der Waals surface area contributed by atoms with Crippen LogP contribution in [0.15, 0.2) is 30.3 Å². The van der Waals surface area contributed by atoms with Crippen LogP contribution >= 0.6 is 0 Å². The molecular formula is C14H21N. The average Bonchev–Trinajstić information content (AvgIpc) is 2.26. The lowest BCUT2D eigenvalue weighted by Gasteiger charge is -2.35. The zero-order valence-corrected chi connectivity index (χ0v) is 9.74. The quantitative estimate of drug-likeness (QED) is 0.768. The van der Waals surface area contributed by atoms with Gasteiger partial charge in [0.25, 0.3) is 0 Å². The second-order valence-electron chi connectivity index (χ2n) is 4.88. The molecule has 1 aromatic carbocycles. The maximum Gasteiger partial charge on any atom is 0.0342 e. The summed E-state index contributed by atoms with van der Waals surface area (Å²) < 4.78 is 0. The highest BCUT2D eigenvalue weighted by Gasteiger charge is 2.26. The standard InChI is InChI=1S/C14H21N/c1-11-7-6-10-14(12(11)2)15-13-8-4-3-5-9-13/h3-5,8-9,11-12,14-15H,6-7,10H2,1-2H3. The van der Waals surface area contributed by atoms with E-state index in [2.05, 4.69) is 49.5 Å². The minimum Gasteiger partial charge on any atom is -0.382 e. The molecule has 0 heterocycles. The van der Waals surface area contributed by atoms with E-state index < -0.39 is 0 Å². The van der Waals surface area contributed by atoms with Crippen molar-refractivity contribution in [3.63, 3.8) is 0 Å². The highest BCUT2D eigenvalue weighted by atomic mass is 14.9. The molecule has 1 nitrogen and oxygen atoms in total. The van der Waals surface area contributed by atoms with E-state index in [0.717, 1.165) is 11.8 Å². The lowest BCUT2D eigenvalue weighted by atomic mass is 9.78. The van der Waals surface area contributed by atoms with Gasteiger partial charge in [-0.1, -0.05) is 44.9 Å². The number of benzene rings is 1. The van der Waals surface area contributed by atoms with Crippen molar-refractivity contribution < 1.29 is 0 Å². The van der Waals surface area contributed by atoms with Crippen LogP contribution in [0.25, 0.3) is 0 Å². The topological polar surface area (TPSA) is 12.0 Å². The van der Waals surface area contributed by atoms with Gasteiger partial charge >= 0.3 is 0 Å². The number of anilines is 1. The molecule has 1 aliphatic carbocycles. The molecule has 0 radical (unpaired) electrons. The summed E-state index contributed by atoms with van der Waals surface area (Å²) in [5.74, 6) is 1.65. The van der Waals surface area contributed by atoms with Crippen LogP contribution in [0.4, 0.5) is 5.69 Å². The molecule has 1 heteroatoms. The van der Waals surface area contributed by atoms with Gasteiger partial charge in [-0.15, -0.1) is 0 Å². The van der Waals surface area contributed by atoms with Gasteiger partial charge in [0.1, 0.15) is 0 Å². The summed E-state index contributed by atoms with van der Waals surface area (Å²) in [7, 11) is 0. The van der Waals surface area contributed by atoms with Crippen LogP contribution < -0.4 is 5.32 Å². The zero-order valence-electron chi connectivity index (χ0n) is 9.74. The lowest BCUT2D eigenvalue weighted by molar-refractivity contribution is 0.253. The predicted molar refractivity (Wildman–Crippen MR) is 66.0 cm³/mol. The van der Waals surface area contributed by atoms with Crippen LogP contribution in [-0.2, 0) is 0 Å². The number of para-hydroxylation sites is 1. The van der Waals surface area contributed by atoms with Crippen LogP contribution in [-0.4, -0.2) is 6.04 Å². The molecule has 1 saturated carbocycles.